The van der Waals surface area contributed by atoms with Crippen LogP contribution in [0.3, 0.4) is 0 Å². The number of amides is 3. The van der Waals surface area contributed by atoms with Crippen molar-refractivity contribution in [3.05, 3.63) is 35.4 Å². The molecule has 2 aliphatic heterocycles. The zero-order chi connectivity index (χ0) is 24.5. The SMILES string of the molecule is CNC(=O)[C@H]1CN(c2cc(F)c(C3=CCN(C(=O)C(=O)C[P+](O)(O)O)CC3)c(F)c2)C(=O)O1. The molecule has 4 N–H and O–H groups in total. The minimum atomic E-state index is -4.45. The average Bonchev–Trinajstić information content (AvgIpc) is 3.13. The van der Waals surface area contributed by atoms with E-state index in [2.05, 4.69) is 5.32 Å². The van der Waals surface area contributed by atoms with Crippen molar-refractivity contribution in [1.82, 2.24) is 10.2 Å². The summed E-state index contributed by atoms with van der Waals surface area (Å²) in [5, 5.41) is 2.32. The van der Waals surface area contributed by atoms with Crippen molar-refractivity contribution in [2.45, 2.75) is 12.5 Å². The summed E-state index contributed by atoms with van der Waals surface area (Å²) in [6.07, 6.45) is -1.81. The van der Waals surface area contributed by atoms with Gasteiger partial charge in [-0.05, 0) is 24.1 Å². The highest BCUT2D eigenvalue weighted by Crippen LogP contribution is 2.44. The highest BCUT2D eigenvalue weighted by molar-refractivity contribution is 7.59. The van der Waals surface area contributed by atoms with Crippen molar-refractivity contribution in [1.29, 1.82) is 0 Å². The largest absolute Gasteiger partial charge is 0.434 e. The molecule has 2 aliphatic rings. The summed E-state index contributed by atoms with van der Waals surface area (Å²) in [4.78, 5) is 76.3. The third-order valence-corrected chi connectivity index (χ3v) is 5.81. The molecule has 14 heteroatoms. The van der Waals surface area contributed by atoms with Crippen LogP contribution in [0.2, 0.25) is 0 Å². The van der Waals surface area contributed by atoms with Crippen LogP contribution in [0.5, 0.6) is 0 Å². The molecule has 0 spiro atoms. The van der Waals surface area contributed by atoms with E-state index in [1.165, 1.54) is 13.1 Å². The van der Waals surface area contributed by atoms with Crippen molar-refractivity contribution in [2.24, 2.45) is 0 Å². The lowest BCUT2D eigenvalue weighted by atomic mass is 9.97. The van der Waals surface area contributed by atoms with Crippen LogP contribution in [0, 0.1) is 11.6 Å². The lowest BCUT2D eigenvalue weighted by Crippen LogP contribution is -2.40. The molecule has 0 radical (unpaired) electrons. The number of carbonyl (C=O) groups is 4. The lowest BCUT2D eigenvalue weighted by molar-refractivity contribution is -0.143. The van der Waals surface area contributed by atoms with Gasteiger partial charge in [-0.2, -0.15) is 14.7 Å². The molecule has 0 bridgehead atoms. The highest BCUT2D eigenvalue weighted by atomic mass is 31.2. The van der Waals surface area contributed by atoms with E-state index in [-0.39, 0.29) is 42.9 Å². The van der Waals surface area contributed by atoms with Gasteiger partial charge in [0, 0.05) is 25.7 Å². The maximum absolute atomic E-state index is 14.8. The van der Waals surface area contributed by atoms with E-state index in [0.717, 1.165) is 21.9 Å². The minimum Gasteiger partial charge on any atom is -0.434 e. The number of carbonyl (C=O) groups excluding carboxylic acids is 4. The van der Waals surface area contributed by atoms with Crippen molar-refractivity contribution >= 4 is 42.9 Å². The first-order valence-corrected chi connectivity index (χ1v) is 11.5. The molecule has 1 aromatic carbocycles. The summed E-state index contributed by atoms with van der Waals surface area (Å²) in [6, 6.07) is 1.86. The van der Waals surface area contributed by atoms with E-state index in [4.69, 9.17) is 19.4 Å². The van der Waals surface area contributed by atoms with Crippen LogP contribution in [-0.4, -0.2) is 82.2 Å². The van der Waals surface area contributed by atoms with Gasteiger partial charge in [-0.3, -0.25) is 19.3 Å². The van der Waals surface area contributed by atoms with E-state index in [1.807, 2.05) is 0 Å². The smallest absolute Gasteiger partial charge is 0.415 e. The number of ketones is 1. The van der Waals surface area contributed by atoms with Crippen LogP contribution in [0.25, 0.3) is 5.57 Å². The van der Waals surface area contributed by atoms with Gasteiger partial charge in [-0.15, -0.1) is 0 Å². The molecule has 0 aromatic heterocycles. The molecule has 0 aliphatic carbocycles. The monoisotopic (exact) mass is 488 g/mol. The van der Waals surface area contributed by atoms with Gasteiger partial charge in [0.25, 0.3) is 17.6 Å². The maximum Gasteiger partial charge on any atom is 0.415 e. The standard InChI is InChI=1S/C19H20F2N3O8P/c1-22-17(26)15-8-24(19(28)32-15)11-6-12(20)16(13(21)7-11)10-2-4-23(5-3-10)18(27)14(25)9-33(29,30)31/h2,6-7,15,29-31H,3-5,8-9H2,1H3/p+1/t15-/m1/s1. The Balaban J connectivity index is 1.75. The van der Waals surface area contributed by atoms with Crippen molar-refractivity contribution in [3.63, 3.8) is 0 Å². The number of ether oxygens (including phenoxy) is 1. The Bertz CT molecular complexity index is 1020. The van der Waals surface area contributed by atoms with E-state index >= 15 is 0 Å². The number of nitrogens with zero attached hydrogens (tertiary/aromatic N) is 2. The number of cyclic esters (lactones) is 1. The van der Waals surface area contributed by atoms with Crippen LogP contribution in [-0.2, 0) is 19.1 Å². The number of rotatable bonds is 6. The molecule has 33 heavy (non-hydrogen) atoms. The molecule has 0 unspecified atom stereocenters. The molecule has 2 heterocycles. The predicted molar refractivity (Wildman–Crippen MR) is 111 cm³/mol. The molecule has 3 amide bonds. The molecule has 1 saturated heterocycles. The van der Waals surface area contributed by atoms with Gasteiger partial charge in [0.15, 0.2) is 6.10 Å². The summed E-state index contributed by atoms with van der Waals surface area (Å²) in [5.74, 6) is -4.75. The van der Waals surface area contributed by atoms with Gasteiger partial charge in [-0.1, -0.05) is 6.08 Å². The number of benzene rings is 1. The molecule has 178 valence electrons. The Kier molecular flexibility index (Phi) is 7.08. The molecule has 1 atom stereocenters. The Morgan fingerprint density at radius 2 is 1.85 bits per heavy atom. The van der Waals surface area contributed by atoms with Gasteiger partial charge in [-0.25, -0.2) is 13.6 Å². The lowest BCUT2D eigenvalue weighted by Gasteiger charge is -2.26. The zero-order valence-electron chi connectivity index (χ0n) is 17.3. The summed E-state index contributed by atoms with van der Waals surface area (Å²) in [7, 11) is -3.09. The number of hydrogen-bond donors (Lipinski definition) is 4. The minimum absolute atomic E-state index is 0.00559. The van der Waals surface area contributed by atoms with Gasteiger partial charge in [0.05, 0.1) is 12.2 Å². The Hall–Kier alpha value is -2.99. The van der Waals surface area contributed by atoms with Gasteiger partial charge >= 0.3 is 14.0 Å². The third-order valence-electron chi connectivity index (χ3n) is 5.10. The normalized spacial score (nSPS) is 18.7. The van der Waals surface area contributed by atoms with E-state index in [0.29, 0.717) is 0 Å². The number of hydrogen-bond acceptors (Lipinski definition) is 8. The van der Waals surface area contributed by atoms with Crippen molar-refractivity contribution < 1.29 is 47.4 Å². The van der Waals surface area contributed by atoms with Crippen molar-refractivity contribution in [2.75, 3.05) is 37.7 Å². The number of Topliss-reactive ketones (excluding diaryl/α,β-unsaturated/α-hetero) is 1. The molecule has 1 aromatic rings. The van der Waals surface area contributed by atoms with E-state index in [1.54, 1.807) is 0 Å². The fourth-order valence-electron chi connectivity index (χ4n) is 3.51. The summed E-state index contributed by atoms with van der Waals surface area (Å²) < 4.78 is 34.5. The molecule has 3 rings (SSSR count). The average molecular weight is 488 g/mol. The van der Waals surface area contributed by atoms with Crippen LogP contribution in [0.4, 0.5) is 19.3 Å². The summed E-state index contributed by atoms with van der Waals surface area (Å²) in [5.41, 5.74) is -0.264. The van der Waals surface area contributed by atoms with E-state index < -0.39 is 55.5 Å². The second-order valence-electron chi connectivity index (χ2n) is 7.39. The Morgan fingerprint density at radius 3 is 2.36 bits per heavy atom. The first-order chi connectivity index (χ1) is 15.4. The fraction of sp³-hybridized carbons (Fsp3) is 0.368. The van der Waals surface area contributed by atoms with Crippen LogP contribution in [0.15, 0.2) is 18.2 Å². The van der Waals surface area contributed by atoms with Crippen LogP contribution < -0.4 is 10.2 Å². The van der Waals surface area contributed by atoms with Gasteiger partial charge < -0.3 is 15.0 Å². The quantitative estimate of drug-likeness (QED) is 0.321. The maximum atomic E-state index is 14.8. The first-order valence-electron chi connectivity index (χ1n) is 9.68. The molecular formula is C19H21F2N3O8P+. The number of likely N-dealkylation sites (N-methyl/N-ethyl adjacent to an activating group) is 1. The van der Waals surface area contributed by atoms with E-state index in [9.17, 15) is 28.0 Å². The Labute approximate surface area is 186 Å². The Morgan fingerprint density at radius 1 is 1.21 bits per heavy atom. The molecular weight excluding hydrogens is 467 g/mol. The molecule has 0 saturated carbocycles. The number of nitrogens with one attached hydrogen (secondary N) is 1. The topological polar surface area (TPSA) is 157 Å². The van der Waals surface area contributed by atoms with Crippen LogP contribution in [0.1, 0.15) is 12.0 Å². The summed E-state index contributed by atoms with van der Waals surface area (Å²) in [6.45, 7) is -0.457. The zero-order valence-corrected chi connectivity index (χ0v) is 18.2. The van der Waals surface area contributed by atoms with Crippen LogP contribution >= 0.6 is 7.94 Å². The fourth-order valence-corrected chi connectivity index (χ4v) is 4.03. The number of halogens is 2. The van der Waals surface area contributed by atoms with Gasteiger partial charge in [0.2, 0.25) is 6.16 Å². The summed E-state index contributed by atoms with van der Waals surface area (Å²) >= 11 is 0. The molecule has 11 nitrogen and oxygen atoms in total. The highest BCUT2D eigenvalue weighted by Gasteiger charge is 2.39. The third kappa shape index (κ3) is 5.50. The van der Waals surface area contributed by atoms with Crippen molar-refractivity contribution in [3.8, 4) is 0 Å². The second-order valence-corrected chi connectivity index (χ2v) is 9.09. The second kappa shape index (κ2) is 9.48. The molecule has 1 fully saturated rings. The first kappa shape index (κ1) is 24.6. The number of anilines is 1. The van der Waals surface area contributed by atoms with Gasteiger partial charge in [0.1, 0.15) is 11.6 Å². The predicted octanol–water partition coefficient (Wildman–Crippen LogP) is -0.0397.